The van der Waals surface area contributed by atoms with Crippen LogP contribution in [0, 0.1) is 0 Å². The molecular formula is C14H14N2O2. The van der Waals surface area contributed by atoms with Crippen molar-refractivity contribution in [2.75, 3.05) is 6.61 Å². The molecule has 0 fully saturated rings. The van der Waals surface area contributed by atoms with Gasteiger partial charge in [-0.2, -0.15) is 5.10 Å². The molecule has 1 aromatic heterocycles. The van der Waals surface area contributed by atoms with E-state index in [1.165, 1.54) is 0 Å². The third-order valence-corrected chi connectivity index (χ3v) is 3.20. The molecule has 2 aromatic rings. The Labute approximate surface area is 105 Å². The lowest BCUT2D eigenvalue weighted by Crippen LogP contribution is -2.10. The number of ether oxygens (including phenoxy) is 1. The lowest BCUT2D eigenvalue weighted by molar-refractivity contribution is 0.102. The molecule has 18 heavy (non-hydrogen) atoms. The van der Waals surface area contributed by atoms with Crippen molar-refractivity contribution in [1.29, 1.82) is 0 Å². The number of carbonyl (C=O) groups is 1. The van der Waals surface area contributed by atoms with Crippen LogP contribution in [0.1, 0.15) is 28.5 Å². The summed E-state index contributed by atoms with van der Waals surface area (Å²) >= 11 is 0. The number of ketones is 1. The first kappa shape index (κ1) is 11.0. The maximum Gasteiger partial charge on any atom is 0.211 e. The number of hydrogen-bond acceptors (Lipinski definition) is 3. The quantitative estimate of drug-likeness (QED) is 0.774. The van der Waals surface area contributed by atoms with Crippen LogP contribution in [0.5, 0.6) is 5.75 Å². The second-order valence-corrected chi connectivity index (χ2v) is 4.28. The molecule has 0 aliphatic carbocycles. The fourth-order valence-electron chi connectivity index (χ4n) is 2.25. The zero-order valence-corrected chi connectivity index (χ0v) is 10.2. The minimum atomic E-state index is 0.0176. The molecule has 3 rings (SSSR count). The van der Waals surface area contributed by atoms with Gasteiger partial charge in [0.05, 0.1) is 6.61 Å². The summed E-state index contributed by atoms with van der Waals surface area (Å²) in [5.74, 6) is 0.916. The van der Waals surface area contributed by atoms with E-state index in [1.54, 1.807) is 16.9 Å². The molecule has 0 unspecified atom stereocenters. The molecule has 4 nitrogen and oxygen atoms in total. The van der Waals surface area contributed by atoms with E-state index in [2.05, 4.69) is 5.10 Å². The lowest BCUT2D eigenvalue weighted by Gasteiger charge is -2.05. The van der Waals surface area contributed by atoms with E-state index in [-0.39, 0.29) is 5.78 Å². The van der Waals surface area contributed by atoms with Crippen LogP contribution in [0.25, 0.3) is 0 Å². The van der Waals surface area contributed by atoms with E-state index < -0.39 is 0 Å². The molecule has 0 amide bonds. The monoisotopic (exact) mass is 242 g/mol. The standard InChI is InChI=1S/C14H14N2O2/c1-2-16-12(5-7-15-16)14(17)11-3-4-13-10(9-11)6-8-18-13/h3-5,7,9H,2,6,8H2,1H3. The highest BCUT2D eigenvalue weighted by atomic mass is 16.5. The number of aryl methyl sites for hydroxylation is 1. The second kappa shape index (κ2) is 4.29. The lowest BCUT2D eigenvalue weighted by atomic mass is 10.0. The number of carbonyl (C=O) groups excluding carboxylic acids is 1. The van der Waals surface area contributed by atoms with E-state index in [0.29, 0.717) is 24.4 Å². The molecule has 1 aliphatic rings. The van der Waals surface area contributed by atoms with Crippen molar-refractivity contribution in [1.82, 2.24) is 9.78 Å². The van der Waals surface area contributed by atoms with E-state index in [4.69, 9.17) is 4.74 Å². The van der Waals surface area contributed by atoms with Crippen molar-refractivity contribution in [2.24, 2.45) is 0 Å². The largest absolute Gasteiger partial charge is 0.493 e. The first-order valence-corrected chi connectivity index (χ1v) is 6.12. The highest BCUT2D eigenvalue weighted by Gasteiger charge is 2.18. The number of benzene rings is 1. The molecule has 0 N–H and O–H groups in total. The topological polar surface area (TPSA) is 44.1 Å². The van der Waals surface area contributed by atoms with Crippen molar-refractivity contribution < 1.29 is 9.53 Å². The Kier molecular flexibility index (Phi) is 2.63. The van der Waals surface area contributed by atoms with Gasteiger partial charge in [-0.3, -0.25) is 9.48 Å². The molecule has 0 atom stereocenters. The molecule has 0 saturated carbocycles. The summed E-state index contributed by atoms with van der Waals surface area (Å²) in [4.78, 5) is 12.4. The third-order valence-electron chi connectivity index (χ3n) is 3.20. The normalized spacial score (nSPS) is 13.2. The number of aromatic nitrogens is 2. The Morgan fingerprint density at radius 1 is 1.44 bits per heavy atom. The van der Waals surface area contributed by atoms with Gasteiger partial charge in [-0.1, -0.05) is 0 Å². The van der Waals surface area contributed by atoms with Crippen molar-refractivity contribution in [2.45, 2.75) is 19.9 Å². The average molecular weight is 242 g/mol. The van der Waals surface area contributed by atoms with Gasteiger partial charge in [-0.05, 0) is 36.8 Å². The van der Waals surface area contributed by atoms with Crippen molar-refractivity contribution in [3.05, 3.63) is 47.3 Å². The summed E-state index contributed by atoms with van der Waals surface area (Å²) < 4.78 is 7.15. The van der Waals surface area contributed by atoms with Gasteiger partial charge in [0.15, 0.2) is 0 Å². The first-order chi connectivity index (χ1) is 8.79. The van der Waals surface area contributed by atoms with Crippen LogP contribution < -0.4 is 4.74 Å². The molecule has 0 spiro atoms. The van der Waals surface area contributed by atoms with E-state index in [0.717, 1.165) is 17.7 Å². The van der Waals surface area contributed by atoms with Crippen molar-refractivity contribution >= 4 is 5.78 Å². The Bertz CT molecular complexity index is 602. The summed E-state index contributed by atoms with van der Waals surface area (Å²) in [5, 5.41) is 4.12. The van der Waals surface area contributed by atoms with Crippen LogP contribution in [-0.4, -0.2) is 22.2 Å². The van der Waals surface area contributed by atoms with E-state index in [9.17, 15) is 4.79 Å². The Morgan fingerprint density at radius 3 is 3.17 bits per heavy atom. The molecule has 1 aromatic carbocycles. The van der Waals surface area contributed by atoms with E-state index >= 15 is 0 Å². The number of fused-ring (bicyclic) bond motifs is 1. The number of hydrogen-bond donors (Lipinski definition) is 0. The summed E-state index contributed by atoms with van der Waals surface area (Å²) in [7, 11) is 0. The van der Waals surface area contributed by atoms with Crippen LogP contribution in [0.2, 0.25) is 0 Å². The van der Waals surface area contributed by atoms with Crippen LogP contribution in [-0.2, 0) is 13.0 Å². The fraction of sp³-hybridized carbons (Fsp3) is 0.286. The first-order valence-electron chi connectivity index (χ1n) is 6.12. The Balaban J connectivity index is 1.98. The highest BCUT2D eigenvalue weighted by molar-refractivity contribution is 6.08. The van der Waals surface area contributed by atoms with Gasteiger partial charge in [-0.15, -0.1) is 0 Å². The van der Waals surface area contributed by atoms with Crippen LogP contribution in [0.4, 0.5) is 0 Å². The average Bonchev–Trinajstić information content (AvgIpc) is 3.05. The number of rotatable bonds is 3. The maximum atomic E-state index is 12.4. The molecular weight excluding hydrogens is 228 g/mol. The van der Waals surface area contributed by atoms with Gasteiger partial charge in [-0.25, -0.2) is 0 Å². The third kappa shape index (κ3) is 1.70. The summed E-state index contributed by atoms with van der Waals surface area (Å²) in [6.45, 7) is 3.38. The SMILES string of the molecule is CCn1nccc1C(=O)c1ccc2c(c1)CCO2. The Morgan fingerprint density at radius 2 is 2.33 bits per heavy atom. The van der Waals surface area contributed by atoms with Crippen LogP contribution in [0.15, 0.2) is 30.5 Å². The summed E-state index contributed by atoms with van der Waals surface area (Å²) in [6.07, 6.45) is 2.54. The highest BCUT2D eigenvalue weighted by Crippen LogP contribution is 2.26. The zero-order valence-electron chi connectivity index (χ0n) is 10.2. The van der Waals surface area contributed by atoms with Gasteiger partial charge in [0.25, 0.3) is 0 Å². The smallest absolute Gasteiger partial charge is 0.211 e. The van der Waals surface area contributed by atoms with E-state index in [1.807, 2.05) is 25.1 Å². The van der Waals surface area contributed by atoms with Crippen molar-refractivity contribution in [3.8, 4) is 5.75 Å². The van der Waals surface area contributed by atoms with Gasteiger partial charge in [0, 0.05) is 24.7 Å². The fourth-order valence-corrected chi connectivity index (χ4v) is 2.25. The zero-order chi connectivity index (χ0) is 12.5. The summed E-state index contributed by atoms with van der Waals surface area (Å²) in [5.41, 5.74) is 2.45. The molecule has 92 valence electrons. The van der Waals surface area contributed by atoms with Gasteiger partial charge in [0.2, 0.25) is 5.78 Å². The van der Waals surface area contributed by atoms with Gasteiger partial charge < -0.3 is 4.74 Å². The Hall–Kier alpha value is -2.10. The minimum Gasteiger partial charge on any atom is -0.493 e. The molecule has 1 aliphatic heterocycles. The molecule has 0 saturated heterocycles. The predicted molar refractivity (Wildman–Crippen MR) is 67.0 cm³/mol. The predicted octanol–water partition coefficient (Wildman–Crippen LogP) is 2.07. The van der Waals surface area contributed by atoms with Gasteiger partial charge >= 0.3 is 0 Å². The molecule has 0 bridgehead atoms. The van der Waals surface area contributed by atoms with Crippen molar-refractivity contribution in [3.63, 3.8) is 0 Å². The number of nitrogens with zero attached hydrogens (tertiary/aromatic N) is 2. The maximum absolute atomic E-state index is 12.4. The second-order valence-electron chi connectivity index (χ2n) is 4.28. The van der Waals surface area contributed by atoms with Crippen LogP contribution >= 0.6 is 0 Å². The minimum absolute atomic E-state index is 0.0176. The molecule has 0 radical (unpaired) electrons. The molecule has 4 heteroatoms. The van der Waals surface area contributed by atoms with Crippen LogP contribution in [0.3, 0.4) is 0 Å². The summed E-state index contributed by atoms with van der Waals surface area (Å²) in [6, 6.07) is 7.38. The molecule has 2 heterocycles. The van der Waals surface area contributed by atoms with Gasteiger partial charge in [0.1, 0.15) is 11.4 Å².